The molecule has 1 amide bonds. The molecule has 1 saturated carbocycles. The molecule has 2 fully saturated rings. The molecule has 120 valence electrons. The van der Waals surface area contributed by atoms with Crippen LogP contribution in [0.15, 0.2) is 30.3 Å². The Kier molecular flexibility index (Phi) is 3.89. The van der Waals surface area contributed by atoms with Crippen LogP contribution in [0.3, 0.4) is 0 Å². The average molecular weight is 303 g/mol. The van der Waals surface area contributed by atoms with Crippen molar-refractivity contribution in [2.24, 2.45) is 0 Å². The van der Waals surface area contributed by atoms with E-state index >= 15 is 0 Å². The average Bonchev–Trinajstić information content (AvgIpc) is 3.10. The van der Waals surface area contributed by atoms with E-state index in [2.05, 4.69) is 12.1 Å². The Bertz CT molecular complexity index is 531. The maximum absolute atomic E-state index is 12.4. The molecule has 0 bridgehead atoms. The highest BCUT2D eigenvalue weighted by molar-refractivity contribution is 5.70. The Morgan fingerprint density at radius 3 is 2.55 bits per heavy atom. The Hall–Kier alpha value is -1.55. The Labute approximate surface area is 132 Å². The van der Waals surface area contributed by atoms with Crippen LogP contribution in [0, 0.1) is 0 Å². The van der Waals surface area contributed by atoms with Crippen LogP contribution in [0.25, 0.3) is 0 Å². The lowest BCUT2D eigenvalue weighted by atomic mass is 10.1. The lowest BCUT2D eigenvalue weighted by Crippen LogP contribution is -2.41. The summed E-state index contributed by atoms with van der Waals surface area (Å²) in [6.07, 6.45) is 2.97. The Morgan fingerprint density at radius 2 is 1.95 bits per heavy atom. The smallest absolute Gasteiger partial charge is 0.410 e. The summed E-state index contributed by atoms with van der Waals surface area (Å²) in [6, 6.07) is 10.2. The minimum absolute atomic E-state index is 0.00366. The molecule has 4 heteroatoms. The van der Waals surface area contributed by atoms with E-state index in [1.165, 1.54) is 5.56 Å². The molecule has 1 saturated heterocycles. The van der Waals surface area contributed by atoms with Gasteiger partial charge in [-0.3, -0.25) is 4.90 Å². The summed E-state index contributed by atoms with van der Waals surface area (Å²) in [5.74, 6) is 0. The van der Waals surface area contributed by atoms with E-state index in [0.717, 1.165) is 19.3 Å². The third-order valence-electron chi connectivity index (χ3n) is 4.34. The summed E-state index contributed by atoms with van der Waals surface area (Å²) in [5, 5.41) is 0. The first-order valence-corrected chi connectivity index (χ1v) is 8.04. The lowest BCUT2D eigenvalue weighted by molar-refractivity contribution is 0.0136. The molecule has 1 aromatic rings. The number of hydrogen-bond acceptors (Lipinski definition) is 3. The molecule has 0 radical (unpaired) electrons. The molecule has 3 rings (SSSR count). The number of amides is 1. The van der Waals surface area contributed by atoms with E-state index in [0.29, 0.717) is 13.2 Å². The van der Waals surface area contributed by atoms with Gasteiger partial charge in [0.05, 0.1) is 19.3 Å². The second kappa shape index (κ2) is 5.58. The molecule has 1 heterocycles. The summed E-state index contributed by atoms with van der Waals surface area (Å²) < 4.78 is 11.6. The zero-order chi connectivity index (χ0) is 15.8. The number of carbonyl (C=O) groups is 1. The highest BCUT2D eigenvalue weighted by Crippen LogP contribution is 2.50. The van der Waals surface area contributed by atoms with Gasteiger partial charge >= 0.3 is 6.09 Å². The number of nitrogens with zero attached hydrogens (tertiary/aromatic N) is 1. The zero-order valence-electron chi connectivity index (χ0n) is 13.7. The molecule has 1 aliphatic carbocycles. The fourth-order valence-electron chi connectivity index (χ4n) is 3.10. The van der Waals surface area contributed by atoms with Crippen LogP contribution in [0.4, 0.5) is 4.79 Å². The van der Waals surface area contributed by atoms with Crippen molar-refractivity contribution in [2.75, 3.05) is 6.54 Å². The van der Waals surface area contributed by atoms with Gasteiger partial charge in [0.2, 0.25) is 0 Å². The maximum Gasteiger partial charge on any atom is 0.410 e. The molecule has 4 nitrogen and oxygen atoms in total. The molecule has 1 aromatic carbocycles. The fraction of sp³-hybridized carbons (Fsp3) is 0.611. The number of rotatable bonds is 3. The molecule has 1 spiro atoms. The predicted molar refractivity (Wildman–Crippen MR) is 84.5 cm³/mol. The summed E-state index contributed by atoms with van der Waals surface area (Å²) in [7, 11) is 0. The normalized spacial score (nSPS) is 22.9. The van der Waals surface area contributed by atoms with Gasteiger partial charge < -0.3 is 9.47 Å². The van der Waals surface area contributed by atoms with Gasteiger partial charge in [-0.2, -0.15) is 0 Å². The molecule has 0 aromatic heterocycles. The van der Waals surface area contributed by atoms with Crippen molar-refractivity contribution in [2.45, 2.75) is 63.9 Å². The lowest BCUT2D eigenvalue weighted by Gasteiger charge is -2.28. The van der Waals surface area contributed by atoms with Crippen LogP contribution >= 0.6 is 0 Å². The van der Waals surface area contributed by atoms with Crippen molar-refractivity contribution < 1.29 is 14.3 Å². The van der Waals surface area contributed by atoms with Crippen molar-refractivity contribution in [1.29, 1.82) is 0 Å². The van der Waals surface area contributed by atoms with E-state index in [1.54, 1.807) is 0 Å². The first-order valence-electron chi connectivity index (χ1n) is 8.04. The monoisotopic (exact) mass is 303 g/mol. The van der Waals surface area contributed by atoms with Crippen LogP contribution in [0.2, 0.25) is 0 Å². The van der Waals surface area contributed by atoms with E-state index < -0.39 is 5.60 Å². The van der Waals surface area contributed by atoms with Gasteiger partial charge in [0.15, 0.2) is 0 Å². The maximum atomic E-state index is 12.4. The van der Waals surface area contributed by atoms with Crippen LogP contribution in [0.5, 0.6) is 0 Å². The first-order chi connectivity index (χ1) is 10.4. The van der Waals surface area contributed by atoms with Gasteiger partial charge in [0, 0.05) is 5.54 Å². The highest BCUT2D eigenvalue weighted by atomic mass is 16.6. The predicted octanol–water partition coefficient (Wildman–Crippen LogP) is 3.75. The summed E-state index contributed by atoms with van der Waals surface area (Å²) in [6.45, 7) is 6.96. The molecule has 1 unspecified atom stereocenters. The topological polar surface area (TPSA) is 38.8 Å². The first kappa shape index (κ1) is 15.3. The third-order valence-corrected chi connectivity index (χ3v) is 4.34. The van der Waals surface area contributed by atoms with Crippen LogP contribution < -0.4 is 0 Å². The number of likely N-dealkylation sites (tertiary alicyclic amines) is 1. The van der Waals surface area contributed by atoms with Crippen molar-refractivity contribution >= 4 is 6.09 Å². The Balaban J connectivity index is 1.58. The van der Waals surface area contributed by atoms with Crippen LogP contribution in [-0.2, 0) is 16.1 Å². The SMILES string of the molecule is CC(C)(C)OC(=O)N1CC(OCc2ccccc2)CC12CC2. The summed E-state index contributed by atoms with van der Waals surface area (Å²) in [4.78, 5) is 14.3. The van der Waals surface area contributed by atoms with E-state index in [-0.39, 0.29) is 17.7 Å². The third kappa shape index (κ3) is 3.43. The van der Waals surface area contributed by atoms with E-state index in [9.17, 15) is 4.79 Å². The van der Waals surface area contributed by atoms with E-state index in [4.69, 9.17) is 9.47 Å². The Morgan fingerprint density at radius 1 is 1.27 bits per heavy atom. The quantitative estimate of drug-likeness (QED) is 0.853. The van der Waals surface area contributed by atoms with Crippen LogP contribution in [-0.4, -0.2) is 34.8 Å². The standard InChI is InChI=1S/C18H25NO3/c1-17(2,3)22-16(20)19-12-15(11-18(19)9-10-18)21-13-14-7-5-4-6-8-14/h4-8,15H,9-13H2,1-3H3. The van der Waals surface area contributed by atoms with Crippen LogP contribution in [0.1, 0.15) is 45.6 Å². The van der Waals surface area contributed by atoms with Gasteiger partial charge in [0.1, 0.15) is 5.60 Å². The molecular formula is C18H25NO3. The molecule has 0 N–H and O–H groups in total. The zero-order valence-corrected chi connectivity index (χ0v) is 13.7. The minimum atomic E-state index is -0.448. The second-order valence-corrected chi connectivity index (χ2v) is 7.44. The van der Waals surface area contributed by atoms with Gasteiger partial charge in [0.25, 0.3) is 0 Å². The molecule has 1 atom stereocenters. The second-order valence-electron chi connectivity index (χ2n) is 7.44. The number of carbonyl (C=O) groups excluding carboxylic acids is 1. The van der Waals surface area contributed by atoms with Gasteiger partial charge in [-0.05, 0) is 45.6 Å². The fourth-order valence-corrected chi connectivity index (χ4v) is 3.10. The van der Waals surface area contributed by atoms with Crippen molar-refractivity contribution in [3.63, 3.8) is 0 Å². The van der Waals surface area contributed by atoms with Gasteiger partial charge in [-0.15, -0.1) is 0 Å². The van der Waals surface area contributed by atoms with Crippen molar-refractivity contribution in [3.05, 3.63) is 35.9 Å². The minimum Gasteiger partial charge on any atom is -0.444 e. The number of ether oxygens (including phenoxy) is 2. The van der Waals surface area contributed by atoms with Gasteiger partial charge in [-0.25, -0.2) is 4.79 Å². The largest absolute Gasteiger partial charge is 0.444 e. The number of benzene rings is 1. The molecule has 2 aliphatic rings. The summed E-state index contributed by atoms with van der Waals surface area (Å²) >= 11 is 0. The highest BCUT2D eigenvalue weighted by Gasteiger charge is 2.57. The number of hydrogen-bond donors (Lipinski definition) is 0. The van der Waals surface area contributed by atoms with Gasteiger partial charge in [-0.1, -0.05) is 30.3 Å². The molecule has 22 heavy (non-hydrogen) atoms. The molecule has 1 aliphatic heterocycles. The van der Waals surface area contributed by atoms with Crippen molar-refractivity contribution in [3.8, 4) is 0 Å². The summed E-state index contributed by atoms with van der Waals surface area (Å²) in [5.41, 5.74) is 0.725. The molecular weight excluding hydrogens is 278 g/mol. The van der Waals surface area contributed by atoms with Crippen molar-refractivity contribution in [1.82, 2.24) is 4.90 Å². The van der Waals surface area contributed by atoms with E-state index in [1.807, 2.05) is 43.9 Å².